The highest BCUT2D eigenvalue weighted by molar-refractivity contribution is 5.78. The average molecular weight is 298 g/mol. The Labute approximate surface area is 130 Å². The average Bonchev–Trinajstić information content (AvgIpc) is 2.96. The molecule has 0 atom stereocenters. The Kier molecular flexibility index (Phi) is 3.51. The Morgan fingerprint density at radius 3 is 2.91 bits per heavy atom. The molecule has 4 nitrogen and oxygen atoms in total. The van der Waals surface area contributed by atoms with Crippen LogP contribution in [0.15, 0.2) is 35.1 Å². The van der Waals surface area contributed by atoms with E-state index in [-0.39, 0.29) is 11.2 Å². The Balaban J connectivity index is 1.57. The maximum absolute atomic E-state index is 12.3. The van der Waals surface area contributed by atoms with E-state index in [1.165, 1.54) is 12.8 Å². The van der Waals surface area contributed by atoms with Crippen LogP contribution in [0.2, 0.25) is 0 Å². The normalized spacial score (nSPS) is 21.6. The van der Waals surface area contributed by atoms with Crippen LogP contribution in [0.5, 0.6) is 0 Å². The van der Waals surface area contributed by atoms with Gasteiger partial charge in [0, 0.05) is 30.7 Å². The minimum atomic E-state index is 0.0330. The number of benzene rings is 1. The minimum absolute atomic E-state index is 0.0330. The lowest BCUT2D eigenvalue weighted by molar-refractivity contribution is -0.107. The molecule has 0 bridgehead atoms. The topological polar surface area (TPSA) is 45.3 Å². The van der Waals surface area contributed by atoms with Gasteiger partial charge in [0.05, 0.1) is 12.2 Å². The van der Waals surface area contributed by atoms with Crippen molar-refractivity contribution in [3.05, 3.63) is 46.2 Å². The predicted octanol–water partition coefficient (Wildman–Crippen LogP) is 2.67. The number of morpholine rings is 1. The summed E-state index contributed by atoms with van der Waals surface area (Å²) in [6, 6.07) is 9.98. The van der Waals surface area contributed by atoms with Gasteiger partial charge in [0.15, 0.2) is 0 Å². The molecule has 1 aliphatic heterocycles. The second kappa shape index (κ2) is 5.52. The number of para-hydroxylation sites is 1. The van der Waals surface area contributed by atoms with Crippen molar-refractivity contribution in [3.63, 3.8) is 0 Å². The first kappa shape index (κ1) is 14.0. The zero-order valence-electron chi connectivity index (χ0n) is 12.8. The van der Waals surface area contributed by atoms with E-state index in [4.69, 9.17) is 4.74 Å². The van der Waals surface area contributed by atoms with E-state index < -0.39 is 0 Å². The van der Waals surface area contributed by atoms with Crippen LogP contribution in [0.25, 0.3) is 10.9 Å². The van der Waals surface area contributed by atoms with Crippen molar-refractivity contribution < 1.29 is 4.74 Å². The third kappa shape index (κ3) is 2.57. The maximum atomic E-state index is 12.3. The molecule has 1 aliphatic carbocycles. The van der Waals surface area contributed by atoms with E-state index in [0.717, 1.165) is 49.0 Å². The van der Waals surface area contributed by atoms with Crippen molar-refractivity contribution >= 4 is 10.9 Å². The predicted molar refractivity (Wildman–Crippen MR) is 87.0 cm³/mol. The molecule has 4 rings (SSSR count). The van der Waals surface area contributed by atoms with Crippen LogP contribution in [-0.2, 0) is 11.3 Å². The summed E-state index contributed by atoms with van der Waals surface area (Å²) in [7, 11) is 0. The van der Waals surface area contributed by atoms with Crippen molar-refractivity contribution in [2.24, 2.45) is 0 Å². The molecule has 1 aromatic carbocycles. The molecule has 2 fully saturated rings. The van der Waals surface area contributed by atoms with Crippen molar-refractivity contribution in [2.45, 2.75) is 37.8 Å². The summed E-state index contributed by atoms with van der Waals surface area (Å²) in [5.74, 6) is 0. The number of pyridine rings is 1. The molecular weight excluding hydrogens is 276 g/mol. The van der Waals surface area contributed by atoms with Crippen LogP contribution in [0.3, 0.4) is 0 Å². The third-order valence-electron chi connectivity index (χ3n) is 5.07. The first-order chi connectivity index (χ1) is 10.7. The standard InChI is InChI=1S/C18H22N2O2/c21-17-15(11-14-5-1-2-6-16(14)19-17)12-20-9-10-22-18(13-20)7-3-4-8-18/h1-2,5-6,11H,3-4,7-10,12-13H2,(H,19,21). The third-order valence-corrected chi connectivity index (χ3v) is 5.07. The molecule has 116 valence electrons. The number of nitrogens with one attached hydrogen (secondary N) is 1. The van der Waals surface area contributed by atoms with Gasteiger partial charge < -0.3 is 9.72 Å². The fraction of sp³-hybridized carbons (Fsp3) is 0.500. The van der Waals surface area contributed by atoms with Gasteiger partial charge in [-0.2, -0.15) is 0 Å². The van der Waals surface area contributed by atoms with Gasteiger partial charge in [0.25, 0.3) is 5.56 Å². The summed E-state index contributed by atoms with van der Waals surface area (Å²) in [6.45, 7) is 3.37. The minimum Gasteiger partial charge on any atom is -0.372 e. The van der Waals surface area contributed by atoms with Gasteiger partial charge in [-0.25, -0.2) is 0 Å². The Morgan fingerprint density at radius 1 is 1.23 bits per heavy atom. The summed E-state index contributed by atoms with van der Waals surface area (Å²) in [6.07, 6.45) is 4.87. The van der Waals surface area contributed by atoms with Crippen molar-refractivity contribution in [1.29, 1.82) is 0 Å². The molecule has 1 saturated heterocycles. The molecule has 1 spiro atoms. The van der Waals surface area contributed by atoms with Gasteiger partial charge in [-0.15, -0.1) is 0 Å². The fourth-order valence-electron chi connectivity index (χ4n) is 3.93. The quantitative estimate of drug-likeness (QED) is 0.927. The Hall–Kier alpha value is -1.65. The molecule has 2 aromatic rings. The maximum Gasteiger partial charge on any atom is 0.252 e. The summed E-state index contributed by atoms with van der Waals surface area (Å²) in [5, 5.41) is 1.10. The summed E-state index contributed by atoms with van der Waals surface area (Å²) in [4.78, 5) is 17.7. The number of rotatable bonds is 2. The van der Waals surface area contributed by atoms with Crippen LogP contribution < -0.4 is 5.56 Å². The van der Waals surface area contributed by atoms with Gasteiger partial charge in [-0.3, -0.25) is 9.69 Å². The number of ether oxygens (including phenoxy) is 1. The summed E-state index contributed by atoms with van der Waals surface area (Å²) >= 11 is 0. The molecule has 2 aliphatic rings. The molecule has 1 saturated carbocycles. The first-order valence-electron chi connectivity index (χ1n) is 8.21. The fourth-order valence-corrected chi connectivity index (χ4v) is 3.93. The number of nitrogens with zero attached hydrogens (tertiary/aromatic N) is 1. The highest BCUT2D eigenvalue weighted by Crippen LogP contribution is 2.36. The molecule has 1 N–H and O–H groups in total. The monoisotopic (exact) mass is 298 g/mol. The van der Waals surface area contributed by atoms with Crippen molar-refractivity contribution in [3.8, 4) is 0 Å². The van der Waals surface area contributed by atoms with E-state index in [9.17, 15) is 4.79 Å². The lowest BCUT2D eigenvalue weighted by Gasteiger charge is -2.40. The van der Waals surface area contributed by atoms with Crippen LogP contribution in [0.1, 0.15) is 31.2 Å². The van der Waals surface area contributed by atoms with E-state index in [1.54, 1.807) is 0 Å². The summed E-state index contributed by atoms with van der Waals surface area (Å²) < 4.78 is 6.07. The van der Waals surface area contributed by atoms with Crippen LogP contribution in [-0.4, -0.2) is 35.2 Å². The Bertz CT molecular complexity index is 731. The van der Waals surface area contributed by atoms with E-state index in [1.807, 2.05) is 30.3 Å². The molecule has 1 aromatic heterocycles. The van der Waals surface area contributed by atoms with Gasteiger partial charge in [0.1, 0.15) is 0 Å². The largest absolute Gasteiger partial charge is 0.372 e. The van der Waals surface area contributed by atoms with Crippen molar-refractivity contribution in [2.75, 3.05) is 19.7 Å². The highest BCUT2D eigenvalue weighted by Gasteiger charge is 2.39. The van der Waals surface area contributed by atoms with Crippen LogP contribution >= 0.6 is 0 Å². The SMILES string of the molecule is O=c1[nH]c2ccccc2cc1CN1CCOC2(CCCC2)C1. The first-order valence-corrected chi connectivity index (χ1v) is 8.21. The van der Waals surface area contributed by atoms with Gasteiger partial charge in [-0.1, -0.05) is 31.0 Å². The number of aromatic nitrogens is 1. The second-order valence-corrected chi connectivity index (χ2v) is 6.66. The smallest absolute Gasteiger partial charge is 0.252 e. The zero-order valence-corrected chi connectivity index (χ0v) is 12.8. The number of aromatic amines is 1. The highest BCUT2D eigenvalue weighted by atomic mass is 16.5. The Morgan fingerprint density at radius 2 is 2.05 bits per heavy atom. The van der Waals surface area contributed by atoms with Gasteiger partial charge >= 0.3 is 0 Å². The van der Waals surface area contributed by atoms with E-state index in [2.05, 4.69) is 9.88 Å². The lowest BCUT2D eigenvalue weighted by atomic mass is 9.99. The number of hydrogen-bond donors (Lipinski definition) is 1. The van der Waals surface area contributed by atoms with Gasteiger partial charge in [-0.05, 0) is 30.4 Å². The van der Waals surface area contributed by atoms with E-state index >= 15 is 0 Å². The second-order valence-electron chi connectivity index (χ2n) is 6.66. The molecule has 0 unspecified atom stereocenters. The number of fused-ring (bicyclic) bond motifs is 1. The molecular formula is C18H22N2O2. The van der Waals surface area contributed by atoms with Crippen molar-refractivity contribution in [1.82, 2.24) is 9.88 Å². The number of H-pyrrole nitrogens is 1. The van der Waals surface area contributed by atoms with Crippen LogP contribution in [0, 0.1) is 0 Å². The summed E-state index contributed by atoms with van der Waals surface area (Å²) in [5.41, 5.74) is 1.85. The molecule has 4 heteroatoms. The van der Waals surface area contributed by atoms with Gasteiger partial charge in [0.2, 0.25) is 0 Å². The van der Waals surface area contributed by atoms with Crippen LogP contribution in [0.4, 0.5) is 0 Å². The lowest BCUT2D eigenvalue weighted by Crippen LogP contribution is -2.50. The number of hydrogen-bond acceptors (Lipinski definition) is 3. The molecule has 2 heterocycles. The zero-order chi connectivity index (χ0) is 15.0. The van der Waals surface area contributed by atoms with E-state index in [0.29, 0.717) is 6.54 Å². The molecule has 0 radical (unpaired) electrons. The molecule has 22 heavy (non-hydrogen) atoms. The molecule has 0 amide bonds.